The minimum absolute atomic E-state index is 0.329. The fourth-order valence-corrected chi connectivity index (χ4v) is 3.07. The summed E-state index contributed by atoms with van der Waals surface area (Å²) >= 11 is 0. The maximum atomic E-state index is 12.3. The van der Waals surface area contributed by atoms with Crippen LogP contribution in [-0.4, -0.2) is 34.6 Å². The topological polar surface area (TPSA) is 94.8 Å². The van der Waals surface area contributed by atoms with Crippen LogP contribution in [-0.2, 0) is 16.1 Å². The van der Waals surface area contributed by atoms with Crippen molar-refractivity contribution in [2.24, 2.45) is 0 Å². The van der Waals surface area contributed by atoms with Gasteiger partial charge in [-0.3, -0.25) is 14.9 Å². The summed E-state index contributed by atoms with van der Waals surface area (Å²) in [6.45, 7) is 0.0930. The van der Waals surface area contributed by atoms with Gasteiger partial charge in [-0.2, -0.15) is 0 Å². The quantitative estimate of drug-likeness (QED) is 0.651. The van der Waals surface area contributed by atoms with E-state index in [0.29, 0.717) is 6.54 Å². The molecule has 132 valence electrons. The van der Waals surface area contributed by atoms with Gasteiger partial charge >= 0.3 is 5.97 Å². The van der Waals surface area contributed by atoms with Gasteiger partial charge in [0.15, 0.2) is 6.17 Å². The number of benzene rings is 2. The predicted octanol–water partition coefficient (Wildman–Crippen LogP) is 1.99. The van der Waals surface area contributed by atoms with Crippen LogP contribution in [0.1, 0.15) is 5.56 Å². The van der Waals surface area contributed by atoms with Gasteiger partial charge in [0.05, 0.1) is 0 Å². The highest BCUT2D eigenvalue weighted by Crippen LogP contribution is 2.29. The van der Waals surface area contributed by atoms with Crippen molar-refractivity contribution in [2.75, 3.05) is 6.54 Å². The smallest absolute Gasteiger partial charge is 0.323 e. The third-order valence-corrected chi connectivity index (χ3v) is 4.30. The van der Waals surface area contributed by atoms with E-state index in [0.717, 1.165) is 27.5 Å². The molecule has 1 aliphatic rings. The highest BCUT2D eigenvalue weighted by atomic mass is 16.4. The zero-order valence-corrected chi connectivity index (χ0v) is 13.8. The molecule has 3 N–H and O–H groups in total. The maximum absolute atomic E-state index is 12.3. The van der Waals surface area contributed by atoms with Crippen LogP contribution < -0.4 is 10.6 Å². The molecule has 1 unspecified atom stereocenters. The molecule has 0 saturated heterocycles. The molecule has 2 aromatic carbocycles. The van der Waals surface area contributed by atoms with Gasteiger partial charge in [0, 0.05) is 29.7 Å². The number of nitrogens with zero attached hydrogens (tertiary/aromatic N) is 1. The van der Waals surface area contributed by atoms with Gasteiger partial charge in [0.25, 0.3) is 5.91 Å². The normalized spacial score (nSPS) is 17.0. The van der Waals surface area contributed by atoms with Gasteiger partial charge < -0.3 is 19.7 Å². The summed E-state index contributed by atoms with van der Waals surface area (Å²) in [6, 6.07) is 13.7. The molecule has 1 atom stereocenters. The predicted molar refractivity (Wildman–Crippen MR) is 96.0 cm³/mol. The van der Waals surface area contributed by atoms with E-state index >= 15 is 0 Å². The summed E-state index contributed by atoms with van der Waals surface area (Å²) in [4.78, 5) is 24.3. The highest BCUT2D eigenvalue weighted by molar-refractivity contribution is 6.05. The molecular weight excluding hydrogens is 334 g/mol. The number of hydrogen-bond acceptors (Lipinski definition) is 5. The van der Waals surface area contributed by atoms with E-state index in [-0.39, 0.29) is 12.5 Å². The number of fused-ring (bicyclic) bond motifs is 3. The van der Waals surface area contributed by atoms with E-state index in [4.69, 9.17) is 9.52 Å². The van der Waals surface area contributed by atoms with E-state index in [2.05, 4.69) is 10.6 Å². The number of carboxylic acid groups (broad SMARTS) is 1. The number of carbonyl (C=O) groups excluding carboxylic acids is 1. The first-order valence-electron chi connectivity index (χ1n) is 8.20. The molecule has 7 heteroatoms. The molecule has 2 heterocycles. The summed E-state index contributed by atoms with van der Waals surface area (Å²) in [5.74, 6) is -1.38. The number of aliphatic carboxylic acids is 1. The fraction of sp³-hybridized carbons (Fsp3) is 0.158. The molecule has 0 fully saturated rings. The van der Waals surface area contributed by atoms with Crippen LogP contribution in [0.3, 0.4) is 0 Å². The van der Waals surface area contributed by atoms with Gasteiger partial charge in [-0.25, -0.2) is 0 Å². The molecule has 1 amide bonds. The van der Waals surface area contributed by atoms with Crippen LogP contribution in [0.15, 0.2) is 59.3 Å². The average Bonchev–Trinajstić information content (AvgIpc) is 3.00. The van der Waals surface area contributed by atoms with E-state index in [1.54, 1.807) is 6.20 Å². The number of furan rings is 1. The lowest BCUT2D eigenvalue weighted by Gasteiger charge is -2.28. The zero-order valence-electron chi connectivity index (χ0n) is 13.8. The summed E-state index contributed by atoms with van der Waals surface area (Å²) < 4.78 is 5.81. The van der Waals surface area contributed by atoms with Crippen molar-refractivity contribution < 1.29 is 19.1 Å². The van der Waals surface area contributed by atoms with Gasteiger partial charge in [-0.05, 0) is 23.8 Å². The molecule has 0 bridgehead atoms. The minimum atomic E-state index is -1.05. The van der Waals surface area contributed by atoms with Crippen molar-refractivity contribution in [3.05, 3.63) is 60.4 Å². The summed E-state index contributed by atoms with van der Waals surface area (Å²) in [7, 11) is 0. The molecule has 4 rings (SSSR count). The molecule has 3 aromatic rings. The van der Waals surface area contributed by atoms with Crippen molar-refractivity contribution >= 4 is 33.8 Å². The first kappa shape index (κ1) is 16.2. The SMILES string of the molecule is O=C(O)CN1C=CNC(NCc2ccc3oc4ccccc4c3c2)C1=O. The van der Waals surface area contributed by atoms with E-state index < -0.39 is 12.1 Å². The number of carboxylic acids is 1. The second-order valence-corrected chi connectivity index (χ2v) is 6.08. The van der Waals surface area contributed by atoms with Gasteiger partial charge in [0.1, 0.15) is 17.7 Å². The Morgan fingerprint density at radius 1 is 1.19 bits per heavy atom. The summed E-state index contributed by atoms with van der Waals surface area (Å²) in [5.41, 5.74) is 2.65. The Bertz CT molecular complexity index is 1020. The van der Waals surface area contributed by atoms with Crippen molar-refractivity contribution in [2.45, 2.75) is 12.7 Å². The lowest BCUT2D eigenvalue weighted by Crippen LogP contribution is -2.54. The number of rotatable bonds is 5. The van der Waals surface area contributed by atoms with Crippen molar-refractivity contribution in [1.29, 1.82) is 0 Å². The maximum Gasteiger partial charge on any atom is 0.323 e. The van der Waals surface area contributed by atoms with E-state index in [1.165, 1.54) is 11.1 Å². The minimum Gasteiger partial charge on any atom is -0.480 e. The molecule has 7 nitrogen and oxygen atoms in total. The van der Waals surface area contributed by atoms with Crippen LogP contribution in [0.2, 0.25) is 0 Å². The zero-order chi connectivity index (χ0) is 18.1. The van der Waals surface area contributed by atoms with Gasteiger partial charge in [0.2, 0.25) is 0 Å². The summed E-state index contributed by atoms with van der Waals surface area (Å²) in [5, 5.41) is 17.0. The Hall–Kier alpha value is -3.32. The van der Waals surface area contributed by atoms with Crippen molar-refractivity contribution in [1.82, 2.24) is 15.5 Å². The lowest BCUT2D eigenvalue weighted by molar-refractivity contribution is -0.144. The Morgan fingerprint density at radius 2 is 2.00 bits per heavy atom. The Labute approximate surface area is 148 Å². The van der Waals surface area contributed by atoms with Crippen LogP contribution in [0.4, 0.5) is 0 Å². The average molecular weight is 351 g/mol. The second kappa shape index (κ2) is 6.53. The van der Waals surface area contributed by atoms with E-state index in [1.807, 2.05) is 42.5 Å². The van der Waals surface area contributed by atoms with Crippen LogP contribution in [0.5, 0.6) is 0 Å². The molecule has 0 radical (unpaired) electrons. The lowest BCUT2D eigenvalue weighted by atomic mass is 10.1. The van der Waals surface area contributed by atoms with Crippen LogP contribution >= 0.6 is 0 Å². The Kier molecular flexibility index (Phi) is 4.06. The molecule has 26 heavy (non-hydrogen) atoms. The van der Waals surface area contributed by atoms with Gasteiger partial charge in [-0.15, -0.1) is 0 Å². The van der Waals surface area contributed by atoms with Crippen molar-refractivity contribution in [3.63, 3.8) is 0 Å². The molecule has 0 spiro atoms. The van der Waals surface area contributed by atoms with Crippen LogP contribution in [0.25, 0.3) is 21.9 Å². The van der Waals surface area contributed by atoms with Crippen molar-refractivity contribution in [3.8, 4) is 0 Å². The first-order valence-corrected chi connectivity index (χ1v) is 8.20. The molecule has 1 aliphatic heterocycles. The first-order chi connectivity index (χ1) is 12.6. The second-order valence-electron chi connectivity index (χ2n) is 6.08. The molecule has 0 aliphatic carbocycles. The van der Waals surface area contributed by atoms with E-state index in [9.17, 15) is 9.59 Å². The number of para-hydroxylation sites is 1. The number of nitrogens with one attached hydrogen (secondary N) is 2. The molecule has 0 saturated carbocycles. The fourth-order valence-electron chi connectivity index (χ4n) is 3.07. The largest absolute Gasteiger partial charge is 0.480 e. The molecular formula is C19H17N3O4. The monoisotopic (exact) mass is 351 g/mol. The summed E-state index contributed by atoms with van der Waals surface area (Å²) in [6.07, 6.45) is 2.32. The third kappa shape index (κ3) is 3.00. The standard InChI is InChI=1S/C19H17N3O4/c23-17(24)11-22-8-7-20-18(19(22)25)21-10-12-5-6-16-14(9-12)13-3-1-2-4-15(13)26-16/h1-9,18,20-21H,10-11H2,(H,23,24). The Morgan fingerprint density at radius 3 is 2.85 bits per heavy atom. The number of hydrogen-bond donors (Lipinski definition) is 3. The molecule has 1 aromatic heterocycles. The Balaban J connectivity index is 1.51. The third-order valence-electron chi connectivity index (χ3n) is 4.30. The number of carbonyl (C=O) groups is 2. The number of amides is 1. The van der Waals surface area contributed by atoms with Gasteiger partial charge in [-0.1, -0.05) is 24.3 Å². The highest BCUT2D eigenvalue weighted by Gasteiger charge is 2.26. The van der Waals surface area contributed by atoms with Crippen LogP contribution in [0, 0.1) is 0 Å².